The monoisotopic (exact) mass is 276 g/mol. The van der Waals surface area contributed by atoms with Gasteiger partial charge in [-0.2, -0.15) is 5.10 Å². The molecule has 0 spiro atoms. The first kappa shape index (κ1) is 13.5. The molecule has 0 unspecified atom stereocenters. The summed E-state index contributed by atoms with van der Waals surface area (Å²) >= 11 is 0. The number of benzene rings is 1. The summed E-state index contributed by atoms with van der Waals surface area (Å²) in [6.45, 7) is 0. The Morgan fingerprint density at radius 3 is 2.60 bits per heavy atom. The summed E-state index contributed by atoms with van der Waals surface area (Å²) in [5, 5.41) is 17.1. The Labute approximate surface area is 114 Å². The topological polar surface area (TPSA) is 99.3 Å². The lowest BCUT2D eigenvalue weighted by Crippen LogP contribution is -2.17. The highest BCUT2D eigenvalue weighted by atomic mass is 16.6. The fourth-order valence-corrected chi connectivity index (χ4v) is 1.69. The Hall–Kier alpha value is -2.90. The maximum atomic E-state index is 12.1. The zero-order chi connectivity index (χ0) is 14.7. The van der Waals surface area contributed by atoms with Crippen molar-refractivity contribution in [3.63, 3.8) is 0 Å². The minimum atomic E-state index is -0.643. The lowest BCUT2D eigenvalue weighted by atomic mass is 10.3. The summed E-state index contributed by atoms with van der Waals surface area (Å²) in [6.07, 6.45) is 1.04. The molecule has 0 radical (unpaired) electrons. The van der Waals surface area contributed by atoms with Crippen LogP contribution < -0.4 is 10.1 Å². The smallest absolute Gasteiger partial charge is 0.320 e. The summed E-state index contributed by atoms with van der Waals surface area (Å²) in [5.74, 6) is 0.0522. The molecule has 1 amide bonds. The predicted octanol–water partition coefficient (Wildman–Crippen LogP) is 1.59. The van der Waals surface area contributed by atoms with E-state index in [-0.39, 0.29) is 11.4 Å². The Morgan fingerprint density at radius 2 is 2.05 bits per heavy atom. The van der Waals surface area contributed by atoms with E-state index in [1.54, 1.807) is 24.3 Å². The van der Waals surface area contributed by atoms with Gasteiger partial charge < -0.3 is 10.1 Å². The largest absolute Gasteiger partial charge is 0.497 e. The highest BCUT2D eigenvalue weighted by Gasteiger charge is 2.25. The predicted molar refractivity (Wildman–Crippen MR) is 70.8 cm³/mol. The zero-order valence-corrected chi connectivity index (χ0v) is 10.9. The van der Waals surface area contributed by atoms with Crippen LogP contribution in [0.2, 0.25) is 0 Å². The molecule has 1 heterocycles. The Morgan fingerprint density at radius 1 is 1.40 bits per heavy atom. The second kappa shape index (κ2) is 5.39. The van der Waals surface area contributed by atoms with E-state index in [4.69, 9.17) is 4.74 Å². The Bertz CT molecular complexity index is 648. The number of anilines is 1. The number of amides is 1. The lowest BCUT2D eigenvalue weighted by molar-refractivity contribution is -0.385. The standard InChI is InChI=1S/C12H12N4O4/c1-15-11(10(7-13-15)16(18)19)12(17)14-8-3-5-9(20-2)6-4-8/h3-7H,1-2H3,(H,14,17). The fourth-order valence-electron chi connectivity index (χ4n) is 1.69. The normalized spacial score (nSPS) is 10.1. The number of hydrogen-bond acceptors (Lipinski definition) is 5. The molecule has 0 bridgehead atoms. The van der Waals surface area contributed by atoms with Gasteiger partial charge in [0.05, 0.1) is 12.0 Å². The second-order valence-electron chi connectivity index (χ2n) is 3.94. The molecule has 0 aliphatic heterocycles. The van der Waals surface area contributed by atoms with Crippen molar-refractivity contribution in [3.05, 3.63) is 46.3 Å². The number of nitro groups is 1. The van der Waals surface area contributed by atoms with Crippen LogP contribution in [0.25, 0.3) is 0 Å². The molecule has 1 N–H and O–H groups in total. The van der Waals surface area contributed by atoms with Crippen LogP contribution in [0.3, 0.4) is 0 Å². The van der Waals surface area contributed by atoms with Gasteiger partial charge in [-0.1, -0.05) is 0 Å². The number of methoxy groups -OCH3 is 1. The van der Waals surface area contributed by atoms with Crippen LogP contribution in [0.4, 0.5) is 11.4 Å². The van der Waals surface area contributed by atoms with Crippen LogP contribution in [0, 0.1) is 10.1 Å². The third-order valence-electron chi connectivity index (χ3n) is 2.68. The number of carbonyl (C=O) groups is 1. The molecule has 8 heteroatoms. The zero-order valence-electron chi connectivity index (χ0n) is 10.9. The second-order valence-corrected chi connectivity index (χ2v) is 3.94. The van der Waals surface area contributed by atoms with E-state index in [2.05, 4.69) is 10.4 Å². The van der Waals surface area contributed by atoms with Crippen molar-refractivity contribution in [3.8, 4) is 5.75 Å². The molecule has 1 aromatic heterocycles. The summed E-state index contributed by atoms with van der Waals surface area (Å²) in [7, 11) is 3.00. The van der Waals surface area contributed by atoms with E-state index in [1.807, 2.05) is 0 Å². The van der Waals surface area contributed by atoms with Gasteiger partial charge in [0.25, 0.3) is 5.91 Å². The summed E-state index contributed by atoms with van der Waals surface area (Å²) < 4.78 is 6.16. The molecule has 2 rings (SSSR count). The van der Waals surface area contributed by atoms with E-state index in [0.717, 1.165) is 10.9 Å². The number of carbonyl (C=O) groups excluding carboxylic acids is 1. The molecular formula is C12H12N4O4. The van der Waals surface area contributed by atoms with E-state index in [9.17, 15) is 14.9 Å². The first-order valence-corrected chi connectivity index (χ1v) is 5.64. The van der Waals surface area contributed by atoms with Crippen LogP contribution in [0.1, 0.15) is 10.5 Å². The maximum Gasteiger partial charge on any atom is 0.320 e. The SMILES string of the molecule is COc1ccc(NC(=O)c2c([N+](=O)[O-])cnn2C)cc1. The third kappa shape index (κ3) is 2.58. The molecule has 0 saturated carbocycles. The van der Waals surface area contributed by atoms with Gasteiger partial charge in [-0.05, 0) is 24.3 Å². The fraction of sp³-hybridized carbons (Fsp3) is 0.167. The van der Waals surface area contributed by atoms with Crippen molar-refractivity contribution in [2.24, 2.45) is 7.05 Å². The molecular weight excluding hydrogens is 264 g/mol. The number of ether oxygens (including phenoxy) is 1. The summed E-state index contributed by atoms with van der Waals surface area (Å²) in [5.41, 5.74) is 0.0654. The van der Waals surface area contributed by atoms with Crippen molar-refractivity contribution in [2.75, 3.05) is 12.4 Å². The number of nitrogens with one attached hydrogen (secondary N) is 1. The van der Waals surface area contributed by atoms with Crippen LogP contribution in [-0.2, 0) is 7.05 Å². The minimum absolute atomic E-state index is 0.106. The summed E-state index contributed by atoms with van der Waals surface area (Å²) in [4.78, 5) is 22.3. The van der Waals surface area contributed by atoms with Gasteiger partial charge in [0, 0.05) is 12.7 Å². The first-order chi connectivity index (χ1) is 9.52. The number of nitrogens with zero attached hydrogens (tertiary/aromatic N) is 3. The van der Waals surface area contributed by atoms with Gasteiger partial charge in [-0.15, -0.1) is 0 Å². The number of aryl methyl sites for hydroxylation is 1. The molecule has 1 aromatic carbocycles. The maximum absolute atomic E-state index is 12.1. The molecule has 0 atom stereocenters. The molecule has 20 heavy (non-hydrogen) atoms. The van der Waals surface area contributed by atoms with Crippen molar-refractivity contribution >= 4 is 17.3 Å². The molecule has 0 saturated heterocycles. The minimum Gasteiger partial charge on any atom is -0.497 e. The first-order valence-electron chi connectivity index (χ1n) is 5.64. The Balaban J connectivity index is 2.23. The molecule has 0 aliphatic carbocycles. The van der Waals surface area contributed by atoms with Crippen LogP contribution in [0.5, 0.6) is 5.75 Å². The highest BCUT2D eigenvalue weighted by Crippen LogP contribution is 2.20. The van der Waals surface area contributed by atoms with Crippen LogP contribution >= 0.6 is 0 Å². The van der Waals surface area contributed by atoms with Crippen LogP contribution in [0.15, 0.2) is 30.5 Å². The van der Waals surface area contributed by atoms with Crippen molar-refractivity contribution in [1.29, 1.82) is 0 Å². The van der Waals surface area contributed by atoms with Crippen LogP contribution in [-0.4, -0.2) is 27.7 Å². The highest BCUT2D eigenvalue weighted by molar-refractivity contribution is 6.05. The Kier molecular flexibility index (Phi) is 3.65. The number of aromatic nitrogens is 2. The third-order valence-corrected chi connectivity index (χ3v) is 2.68. The van der Waals surface area contributed by atoms with Gasteiger partial charge in [0.2, 0.25) is 5.69 Å². The van der Waals surface area contributed by atoms with Crippen molar-refractivity contribution in [1.82, 2.24) is 9.78 Å². The van der Waals surface area contributed by atoms with Gasteiger partial charge in [-0.3, -0.25) is 19.6 Å². The van der Waals surface area contributed by atoms with E-state index < -0.39 is 10.8 Å². The van der Waals surface area contributed by atoms with Crippen molar-refractivity contribution in [2.45, 2.75) is 0 Å². The average Bonchev–Trinajstić information content (AvgIpc) is 2.81. The average molecular weight is 276 g/mol. The number of rotatable bonds is 4. The van der Waals surface area contributed by atoms with Gasteiger partial charge in [0.1, 0.15) is 11.9 Å². The molecule has 104 valence electrons. The van der Waals surface area contributed by atoms with Gasteiger partial charge >= 0.3 is 5.69 Å². The lowest BCUT2D eigenvalue weighted by Gasteiger charge is -2.06. The van der Waals surface area contributed by atoms with E-state index in [1.165, 1.54) is 14.2 Å². The van der Waals surface area contributed by atoms with Crippen molar-refractivity contribution < 1.29 is 14.5 Å². The summed E-state index contributed by atoms with van der Waals surface area (Å²) in [6, 6.07) is 6.62. The molecule has 2 aromatic rings. The quantitative estimate of drug-likeness (QED) is 0.675. The van der Waals surface area contributed by atoms with E-state index >= 15 is 0 Å². The molecule has 0 aliphatic rings. The molecule has 8 nitrogen and oxygen atoms in total. The van der Waals surface area contributed by atoms with Gasteiger partial charge in [-0.25, -0.2) is 0 Å². The van der Waals surface area contributed by atoms with E-state index in [0.29, 0.717) is 11.4 Å². The van der Waals surface area contributed by atoms with Gasteiger partial charge in [0.15, 0.2) is 0 Å². The molecule has 0 fully saturated rings. The number of hydrogen-bond donors (Lipinski definition) is 1.